The lowest BCUT2D eigenvalue weighted by atomic mass is 9.94. The largest absolute Gasteiger partial charge is 0.481 e. The number of nitrogens with one attached hydrogen (secondary N) is 1. The second-order valence-electron chi connectivity index (χ2n) is 5.66. The molecule has 0 bridgehead atoms. The molecule has 1 unspecified atom stereocenters. The normalized spacial score (nSPS) is 19.4. The molecule has 1 aliphatic rings. The number of carbonyl (C=O) groups excluding carboxylic acids is 2. The summed E-state index contributed by atoms with van der Waals surface area (Å²) >= 11 is 0. The zero-order valence-electron chi connectivity index (χ0n) is 12.1. The van der Waals surface area contributed by atoms with Gasteiger partial charge in [-0.15, -0.1) is 0 Å². The van der Waals surface area contributed by atoms with Crippen LogP contribution in [0, 0.1) is 11.3 Å². The van der Waals surface area contributed by atoms with Crippen molar-refractivity contribution in [3.63, 3.8) is 0 Å². The molecule has 0 saturated carbocycles. The minimum atomic E-state index is -1.02. The molecule has 0 aromatic carbocycles. The minimum Gasteiger partial charge on any atom is -0.481 e. The number of carbonyl (C=O) groups is 3. The van der Waals surface area contributed by atoms with Gasteiger partial charge in [0.1, 0.15) is 0 Å². The number of hydrogen-bond acceptors (Lipinski definition) is 4. The number of nitrogens with zero attached hydrogens (tertiary/aromatic N) is 1. The van der Waals surface area contributed by atoms with Crippen LogP contribution < -0.4 is 5.32 Å². The van der Waals surface area contributed by atoms with Gasteiger partial charge in [-0.25, -0.2) is 4.79 Å². The topological polar surface area (TPSA) is 95.9 Å². The van der Waals surface area contributed by atoms with Crippen molar-refractivity contribution in [3.8, 4) is 0 Å². The number of rotatable bonds is 4. The molecule has 0 aromatic heterocycles. The fraction of sp³-hybridized carbons (Fsp3) is 0.769. The van der Waals surface area contributed by atoms with Gasteiger partial charge in [0.05, 0.1) is 18.4 Å². The van der Waals surface area contributed by atoms with E-state index < -0.39 is 11.4 Å². The van der Waals surface area contributed by atoms with E-state index in [9.17, 15) is 14.4 Å². The first kappa shape index (κ1) is 16.3. The van der Waals surface area contributed by atoms with Crippen LogP contribution in [0.1, 0.15) is 26.7 Å². The first-order valence-electron chi connectivity index (χ1n) is 6.62. The quantitative estimate of drug-likeness (QED) is 0.741. The van der Waals surface area contributed by atoms with Crippen LogP contribution in [0.15, 0.2) is 0 Å². The second kappa shape index (κ2) is 6.58. The van der Waals surface area contributed by atoms with Crippen LogP contribution in [0.25, 0.3) is 0 Å². The molecule has 1 rings (SSSR count). The minimum absolute atomic E-state index is 0.0422. The lowest BCUT2D eigenvalue weighted by Crippen LogP contribution is -2.49. The highest BCUT2D eigenvalue weighted by Gasteiger charge is 2.31. The van der Waals surface area contributed by atoms with Crippen molar-refractivity contribution in [3.05, 3.63) is 0 Å². The fourth-order valence-corrected chi connectivity index (χ4v) is 2.00. The Morgan fingerprint density at radius 1 is 1.40 bits per heavy atom. The number of carboxylic acids is 1. The molecular formula is C13H22N2O5. The van der Waals surface area contributed by atoms with Gasteiger partial charge in [0.25, 0.3) is 0 Å². The Kier molecular flexibility index (Phi) is 5.35. The molecule has 7 heteroatoms. The maximum absolute atomic E-state index is 12.0. The van der Waals surface area contributed by atoms with E-state index in [4.69, 9.17) is 5.11 Å². The molecule has 0 aliphatic carbocycles. The summed E-state index contributed by atoms with van der Waals surface area (Å²) in [6.07, 6.45) is 1.44. The number of ether oxygens (including phenoxy) is 1. The van der Waals surface area contributed by atoms with Crippen LogP contribution >= 0.6 is 0 Å². The summed E-state index contributed by atoms with van der Waals surface area (Å²) < 4.78 is 4.69. The van der Waals surface area contributed by atoms with Crippen LogP contribution in [0.4, 0.5) is 4.79 Å². The number of esters is 1. The zero-order chi connectivity index (χ0) is 15.3. The van der Waals surface area contributed by atoms with E-state index in [0.29, 0.717) is 19.5 Å². The van der Waals surface area contributed by atoms with E-state index in [1.807, 2.05) is 0 Å². The fourth-order valence-electron chi connectivity index (χ4n) is 2.00. The average Bonchev–Trinajstić information content (AvgIpc) is 2.43. The summed E-state index contributed by atoms with van der Waals surface area (Å²) in [7, 11) is 1.33. The summed E-state index contributed by atoms with van der Waals surface area (Å²) in [6, 6.07) is -0.340. The molecular weight excluding hydrogens is 264 g/mol. The Balaban J connectivity index is 2.51. The second-order valence-corrected chi connectivity index (χ2v) is 5.66. The summed E-state index contributed by atoms with van der Waals surface area (Å²) in [6.45, 7) is 4.01. The van der Waals surface area contributed by atoms with Gasteiger partial charge in [0.15, 0.2) is 0 Å². The van der Waals surface area contributed by atoms with Crippen LogP contribution in [0.5, 0.6) is 0 Å². The van der Waals surface area contributed by atoms with Crippen LogP contribution in [-0.4, -0.2) is 54.7 Å². The Bertz CT molecular complexity index is 394. The maximum atomic E-state index is 12.0. The zero-order valence-corrected chi connectivity index (χ0v) is 12.1. The van der Waals surface area contributed by atoms with Crippen LogP contribution in [0.2, 0.25) is 0 Å². The molecule has 114 valence electrons. The van der Waals surface area contributed by atoms with E-state index >= 15 is 0 Å². The molecule has 1 fully saturated rings. The highest BCUT2D eigenvalue weighted by atomic mass is 16.5. The van der Waals surface area contributed by atoms with Crippen LogP contribution in [0.3, 0.4) is 0 Å². The van der Waals surface area contributed by atoms with Gasteiger partial charge in [-0.3, -0.25) is 9.59 Å². The third-order valence-corrected chi connectivity index (χ3v) is 3.50. The first-order valence-corrected chi connectivity index (χ1v) is 6.62. The van der Waals surface area contributed by atoms with Crippen molar-refractivity contribution in [1.82, 2.24) is 10.2 Å². The predicted molar refractivity (Wildman–Crippen MR) is 71.1 cm³/mol. The third kappa shape index (κ3) is 4.11. The SMILES string of the molecule is COC(=O)C1CCCN(C(=O)NCC(C)(C)C(=O)O)C1. The molecule has 20 heavy (non-hydrogen) atoms. The van der Waals surface area contributed by atoms with Crippen molar-refractivity contribution >= 4 is 18.0 Å². The Labute approximate surface area is 118 Å². The number of likely N-dealkylation sites (tertiary alicyclic amines) is 1. The maximum Gasteiger partial charge on any atom is 0.317 e. The predicted octanol–water partition coefficient (Wildman–Crippen LogP) is 0.692. The third-order valence-electron chi connectivity index (χ3n) is 3.50. The number of hydrogen-bond donors (Lipinski definition) is 2. The van der Waals surface area contributed by atoms with Crippen molar-refractivity contribution in [1.29, 1.82) is 0 Å². The number of carboxylic acid groups (broad SMARTS) is 1. The summed E-state index contributed by atoms with van der Waals surface area (Å²) in [4.78, 5) is 36.0. The lowest BCUT2D eigenvalue weighted by molar-refractivity contribution is -0.147. The summed E-state index contributed by atoms with van der Waals surface area (Å²) in [5.41, 5.74) is -1.02. The smallest absolute Gasteiger partial charge is 0.317 e. The summed E-state index contributed by atoms with van der Waals surface area (Å²) in [5, 5.41) is 11.6. The lowest BCUT2D eigenvalue weighted by Gasteiger charge is -2.32. The Hall–Kier alpha value is -1.79. The molecule has 0 radical (unpaired) electrons. The van der Waals surface area contributed by atoms with Gasteiger partial charge in [-0.2, -0.15) is 0 Å². The van der Waals surface area contributed by atoms with E-state index in [1.165, 1.54) is 12.0 Å². The van der Waals surface area contributed by atoms with E-state index in [-0.39, 0.29) is 24.5 Å². The number of methoxy groups -OCH3 is 1. The standard InChI is InChI=1S/C13H22N2O5/c1-13(2,11(17)18)8-14-12(19)15-6-4-5-9(7-15)10(16)20-3/h9H,4-8H2,1-3H3,(H,14,19)(H,17,18). The van der Waals surface area contributed by atoms with E-state index in [2.05, 4.69) is 10.1 Å². The molecule has 1 saturated heterocycles. The monoisotopic (exact) mass is 286 g/mol. The molecule has 0 aromatic rings. The highest BCUT2D eigenvalue weighted by molar-refractivity contribution is 5.79. The Morgan fingerprint density at radius 2 is 2.05 bits per heavy atom. The van der Waals surface area contributed by atoms with Gasteiger partial charge in [0.2, 0.25) is 0 Å². The molecule has 1 aliphatic heterocycles. The van der Waals surface area contributed by atoms with Gasteiger partial charge < -0.3 is 20.1 Å². The average molecular weight is 286 g/mol. The molecule has 2 amide bonds. The number of amides is 2. The number of urea groups is 1. The van der Waals surface area contributed by atoms with Crippen molar-refractivity contribution in [2.75, 3.05) is 26.7 Å². The van der Waals surface area contributed by atoms with Gasteiger partial charge in [0, 0.05) is 19.6 Å². The van der Waals surface area contributed by atoms with Gasteiger partial charge >= 0.3 is 18.0 Å². The number of piperidine rings is 1. The van der Waals surface area contributed by atoms with Crippen molar-refractivity contribution in [2.24, 2.45) is 11.3 Å². The van der Waals surface area contributed by atoms with Crippen LogP contribution in [-0.2, 0) is 14.3 Å². The first-order chi connectivity index (χ1) is 9.27. The molecule has 2 N–H and O–H groups in total. The molecule has 7 nitrogen and oxygen atoms in total. The number of aliphatic carboxylic acids is 1. The van der Waals surface area contributed by atoms with E-state index in [1.54, 1.807) is 13.8 Å². The molecule has 0 spiro atoms. The highest BCUT2D eigenvalue weighted by Crippen LogP contribution is 2.18. The van der Waals surface area contributed by atoms with Crippen molar-refractivity contribution < 1.29 is 24.2 Å². The van der Waals surface area contributed by atoms with Crippen molar-refractivity contribution in [2.45, 2.75) is 26.7 Å². The summed E-state index contributed by atoms with van der Waals surface area (Å²) in [5.74, 6) is -1.58. The van der Waals surface area contributed by atoms with Gasteiger partial charge in [-0.1, -0.05) is 0 Å². The van der Waals surface area contributed by atoms with E-state index in [0.717, 1.165) is 6.42 Å². The molecule has 1 atom stereocenters. The Morgan fingerprint density at radius 3 is 2.60 bits per heavy atom. The molecule has 1 heterocycles. The van der Waals surface area contributed by atoms with Gasteiger partial charge in [-0.05, 0) is 26.7 Å².